The molecule has 0 aromatic heterocycles. The van der Waals surface area contributed by atoms with E-state index in [-0.39, 0.29) is 18.7 Å². The molecule has 1 heterocycles. The van der Waals surface area contributed by atoms with Crippen molar-refractivity contribution in [2.24, 2.45) is 0 Å². The molecule has 8 heteroatoms. The van der Waals surface area contributed by atoms with Crippen molar-refractivity contribution in [2.45, 2.75) is 19.3 Å². The number of nitro groups is 1. The molecule has 0 radical (unpaired) electrons. The molecule has 2 amide bonds. The average Bonchev–Trinajstić information content (AvgIpc) is 2.76. The molecule has 0 aliphatic carbocycles. The number of benzene rings is 1. The minimum atomic E-state index is -0.720. The second-order valence-corrected chi connectivity index (χ2v) is 4.73. The van der Waals surface area contributed by atoms with Gasteiger partial charge in [-0.25, -0.2) is 0 Å². The van der Waals surface area contributed by atoms with Crippen LogP contribution >= 0.6 is 0 Å². The number of carbonyl (C=O) groups is 3. The molecule has 1 aromatic carbocycles. The first kappa shape index (κ1) is 15.6. The van der Waals surface area contributed by atoms with Crippen LogP contribution in [0.1, 0.15) is 24.8 Å². The number of likely N-dealkylation sites (tertiary alicyclic amines) is 1. The Balaban J connectivity index is 2.13. The van der Waals surface area contributed by atoms with Gasteiger partial charge in [-0.2, -0.15) is 0 Å². The summed E-state index contributed by atoms with van der Waals surface area (Å²) in [6.07, 6.45) is -0.0595. The molecule has 8 nitrogen and oxygen atoms in total. The maximum Gasteiger partial charge on any atom is 0.326 e. The van der Waals surface area contributed by atoms with Crippen molar-refractivity contribution in [2.75, 3.05) is 13.2 Å². The van der Waals surface area contributed by atoms with Gasteiger partial charge in [0, 0.05) is 18.6 Å². The zero-order chi connectivity index (χ0) is 16.3. The Morgan fingerprint density at radius 2 is 2.00 bits per heavy atom. The van der Waals surface area contributed by atoms with Crippen molar-refractivity contribution in [1.29, 1.82) is 0 Å². The van der Waals surface area contributed by atoms with Gasteiger partial charge in [-0.1, -0.05) is 12.1 Å². The number of nitrogens with zero attached hydrogens (tertiary/aromatic N) is 2. The molecule has 0 unspecified atom stereocenters. The van der Waals surface area contributed by atoms with E-state index < -0.39 is 35.2 Å². The lowest BCUT2D eigenvalue weighted by molar-refractivity contribution is -0.384. The van der Waals surface area contributed by atoms with Crippen LogP contribution in [0.5, 0.6) is 0 Å². The van der Waals surface area contributed by atoms with E-state index in [0.29, 0.717) is 5.56 Å². The van der Waals surface area contributed by atoms with Gasteiger partial charge in [0.1, 0.15) is 6.54 Å². The molecule has 1 aliphatic rings. The van der Waals surface area contributed by atoms with E-state index in [9.17, 15) is 24.5 Å². The number of non-ortho nitro benzene ring substituents is 1. The molecule has 1 atom stereocenters. The van der Waals surface area contributed by atoms with Crippen LogP contribution in [0.25, 0.3) is 0 Å². The molecule has 1 fully saturated rings. The zero-order valence-electron chi connectivity index (χ0n) is 11.9. The number of esters is 1. The molecule has 0 bridgehead atoms. The maximum absolute atomic E-state index is 12.2. The number of hydrogen-bond donors (Lipinski definition) is 0. The molecule has 22 heavy (non-hydrogen) atoms. The van der Waals surface area contributed by atoms with Crippen molar-refractivity contribution in [3.8, 4) is 0 Å². The second-order valence-electron chi connectivity index (χ2n) is 4.73. The standard InChI is InChI=1S/C14H14N2O6/c1-2-22-13(18)8-15-12(17)7-11(14(15)19)9-3-5-10(6-4-9)16(20)21/h3-6,11H,2,7-8H2,1H3/t11-/m0/s1. The van der Waals surface area contributed by atoms with E-state index in [0.717, 1.165) is 4.90 Å². The molecule has 1 aliphatic heterocycles. The van der Waals surface area contributed by atoms with Gasteiger partial charge < -0.3 is 4.74 Å². The van der Waals surface area contributed by atoms with E-state index in [1.54, 1.807) is 6.92 Å². The van der Waals surface area contributed by atoms with E-state index in [2.05, 4.69) is 0 Å². The molecule has 1 aromatic rings. The molecular formula is C14H14N2O6. The van der Waals surface area contributed by atoms with E-state index in [1.165, 1.54) is 24.3 Å². The largest absolute Gasteiger partial charge is 0.465 e. The predicted octanol–water partition coefficient (Wildman–Crippen LogP) is 1.00. The second kappa shape index (κ2) is 6.33. The number of nitro benzene ring substituents is 1. The van der Waals surface area contributed by atoms with Gasteiger partial charge in [0.05, 0.1) is 17.4 Å². The predicted molar refractivity (Wildman–Crippen MR) is 73.8 cm³/mol. The molecule has 116 valence electrons. The Bertz CT molecular complexity index is 625. The summed E-state index contributed by atoms with van der Waals surface area (Å²) < 4.78 is 4.72. The van der Waals surface area contributed by atoms with Gasteiger partial charge in [0.15, 0.2) is 0 Å². The number of amides is 2. The third kappa shape index (κ3) is 3.11. The van der Waals surface area contributed by atoms with E-state index in [4.69, 9.17) is 4.74 Å². The average molecular weight is 306 g/mol. The summed E-state index contributed by atoms with van der Waals surface area (Å²) >= 11 is 0. The lowest BCUT2D eigenvalue weighted by Crippen LogP contribution is -2.36. The van der Waals surface area contributed by atoms with Crippen LogP contribution in [-0.4, -0.2) is 40.8 Å². The molecule has 0 spiro atoms. The number of carbonyl (C=O) groups excluding carboxylic acids is 3. The smallest absolute Gasteiger partial charge is 0.326 e. The molecule has 2 rings (SSSR count). The molecule has 0 N–H and O–H groups in total. The van der Waals surface area contributed by atoms with E-state index in [1.807, 2.05) is 0 Å². The maximum atomic E-state index is 12.2. The van der Waals surface area contributed by atoms with Gasteiger partial charge in [-0.3, -0.25) is 29.4 Å². The lowest BCUT2D eigenvalue weighted by Gasteiger charge is -2.13. The molecular weight excluding hydrogens is 292 g/mol. The fourth-order valence-corrected chi connectivity index (χ4v) is 2.27. The zero-order valence-corrected chi connectivity index (χ0v) is 11.9. The Hall–Kier alpha value is -2.77. The Kier molecular flexibility index (Phi) is 4.50. The normalized spacial score (nSPS) is 17.7. The highest BCUT2D eigenvalue weighted by Crippen LogP contribution is 2.30. The summed E-state index contributed by atoms with van der Waals surface area (Å²) in [6.45, 7) is 1.39. The molecule has 0 saturated carbocycles. The fraction of sp³-hybridized carbons (Fsp3) is 0.357. The van der Waals surface area contributed by atoms with E-state index >= 15 is 0 Å². The summed E-state index contributed by atoms with van der Waals surface area (Å²) in [5, 5.41) is 10.6. The topological polar surface area (TPSA) is 107 Å². The van der Waals surface area contributed by atoms with Gasteiger partial charge in [0.2, 0.25) is 11.8 Å². The van der Waals surface area contributed by atoms with Crippen molar-refractivity contribution in [3.63, 3.8) is 0 Å². The Morgan fingerprint density at radius 1 is 1.36 bits per heavy atom. The summed E-state index contributed by atoms with van der Waals surface area (Å²) in [7, 11) is 0. The van der Waals surface area contributed by atoms with Crippen LogP contribution in [-0.2, 0) is 19.1 Å². The minimum absolute atomic E-state index is 0.0595. The first-order valence-corrected chi connectivity index (χ1v) is 6.68. The van der Waals surface area contributed by atoms with Crippen LogP contribution in [0, 0.1) is 10.1 Å². The van der Waals surface area contributed by atoms with Crippen LogP contribution in [0.3, 0.4) is 0 Å². The van der Waals surface area contributed by atoms with Crippen molar-refractivity contribution < 1.29 is 24.0 Å². The summed E-state index contributed by atoms with van der Waals surface area (Å²) in [4.78, 5) is 46.5. The number of imide groups is 1. The first-order chi connectivity index (χ1) is 10.4. The summed E-state index contributed by atoms with van der Waals surface area (Å²) in [5.41, 5.74) is 0.416. The van der Waals surface area contributed by atoms with Crippen molar-refractivity contribution in [3.05, 3.63) is 39.9 Å². The van der Waals surface area contributed by atoms with Crippen molar-refractivity contribution in [1.82, 2.24) is 4.90 Å². The van der Waals surface area contributed by atoms with Crippen LogP contribution in [0.15, 0.2) is 24.3 Å². The van der Waals surface area contributed by atoms with Gasteiger partial charge in [0.25, 0.3) is 5.69 Å². The first-order valence-electron chi connectivity index (χ1n) is 6.68. The van der Waals surface area contributed by atoms with Crippen LogP contribution < -0.4 is 0 Å². The van der Waals surface area contributed by atoms with Gasteiger partial charge >= 0.3 is 5.97 Å². The highest BCUT2D eigenvalue weighted by molar-refractivity contribution is 6.07. The number of hydrogen-bond acceptors (Lipinski definition) is 6. The van der Waals surface area contributed by atoms with Gasteiger partial charge in [-0.05, 0) is 12.5 Å². The number of rotatable bonds is 5. The fourth-order valence-electron chi connectivity index (χ4n) is 2.27. The Morgan fingerprint density at radius 3 is 2.55 bits per heavy atom. The quantitative estimate of drug-likeness (QED) is 0.347. The SMILES string of the molecule is CCOC(=O)CN1C(=O)C[C@@H](c2ccc([N+](=O)[O-])cc2)C1=O. The third-order valence-corrected chi connectivity index (χ3v) is 3.34. The minimum Gasteiger partial charge on any atom is -0.465 e. The van der Waals surface area contributed by atoms with Crippen molar-refractivity contribution >= 4 is 23.5 Å². The summed E-state index contributed by atoms with van der Waals surface area (Å²) in [6, 6.07) is 5.45. The highest BCUT2D eigenvalue weighted by Gasteiger charge is 2.40. The molecule has 1 saturated heterocycles. The van der Waals surface area contributed by atoms with Crippen LogP contribution in [0.4, 0.5) is 5.69 Å². The Labute approximate surface area is 125 Å². The summed E-state index contributed by atoms with van der Waals surface area (Å²) in [5.74, 6) is -2.32. The monoisotopic (exact) mass is 306 g/mol. The highest BCUT2D eigenvalue weighted by atomic mass is 16.6. The lowest BCUT2D eigenvalue weighted by atomic mass is 9.97. The van der Waals surface area contributed by atoms with Gasteiger partial charge in [-0.15, -0.1) is 0 Å². The third-order valence-electron chi connectivity index (χ3n) is 3.34. The van der Waals surface area contributed by atoms with Crippen LogP contribution in [0.2, 0.25) is 0 Å². The number of ether oxygens (including phenoxy) is 1.